The Morgan fingerprint density at radius 1 is 1.40 bits per heavy atom. The van der Waals surface area contributed by atoms with E-state index in [9.17, 15) is 18.0 Å². The van der Waals surface area contributed by atoms with Crippen LogP contribution < -0.4 is 0 Å². The summed E-state index contributed by atoms with van der Waals surface area (Å²) in [5.41, 5.74) is 0. The van der Waals surface area contributed by atoms with Crippen LogP contribution in [-0.2, 0) is 4.74 Å². The molecule has 0 aromatic heterocycles. The van der Waals surface area contributed by atoms with Gasteiger partial charge in [0.1, 0.15) is 0 Å². The number of carbonyl (C=O) groups excluding carboxylic acids is 1. The summed E-state index contributed by atoms with van der Waals surface area (Å²) in [6.07, 6.45) is -4.67. The van der Waals surface area contributed by atoms with Gasteiger partial charge in [-0.1, -0.05) is 13.8 Å². The third-order valence-corrected chi connectivity index (χ3v) is 1.71. The molecule has 0 aliphatic heterocycles. The molecule has 15 heavy (non-hydrogen) atoms. The fraction of sp³-hybridized carbons (Fsp3) is 0.889. The average Bonchev–Trinajstić information content (AvgIpc) is 2.08. The number of alkyl halides is 3. The lowest BCUT2D eigenvalue weighted by Crippen LogP contribution is -2.32. The van der Waals surface area contributed by atoms with Gasteiger partial charge in [0.05, 0.1) is 0 Å². The predicted molar refractivity (Wildman–Crippen MR) is 49.5 cm³/mol. The second-order valence-corrected chi connectivity index (χ2v) is 3.77. The van der Waals surface area contributed by atoms with Crippen molar-refractivity contribution in [2.75, 3.05) is 20.2 Å². The highest BCUT2D eigenvalue weighted by Gasteiger charge is 2.30. The molecule has 3 nitrogen and oxygen atoms in total. The lowest BCUT2D eigenvalue weighted by atomic mass is 10.1. The molecule has 0 fully saturated rings. The summed E-state index contributed by atoms with van der Waals surface area (Å²) in [6.45, 7) is 2.80. The van der Waals surface area contributed by atoms with Crippen LogP contribution in [0.1, 0.15) is 20.3 Å². The standard InChI is InChI=1S/C9H16F3NO2/c1-7(2)4-5-13(3)8(14)15-6-9(10,11)12/h7H,4-6H2,1-3H3. The molecule has 0 saturated heterocycles. The van der Waals surface area contributed by atoms with Crippen molar-refractivity contribution >= 4 is 6.09 Å². The van der Waals surface area contributed by atoms with Crippen molar-refractivity contribution in [1.29, 1.82) is 0 Å². The molecule has 0 radical (unpaired) electrons. The van der Waals surface area contributed by atoms with Crippen LogP contribution in [0.3, 0.4) is 0 Å². The highest BCUT2D eigenvalue weighted by molar-refractivity contribution is 5.67. The lowest BCUT2D eigenvalue weighted by molar-refractivity contribution is -0.162. The largest absolute Gasteiger partial charge is 0.440 e. The van der Waals surface area contributed by atoms with Gasteiger partial charge in [-0.05, 0) is 12.3 Å². The molecule has 0 bridgehead atoms. The Kier molecular flexibility index (Phi) is 5.46. The van der Waals surface area contributed by atoms with Crippen LogP contribution in [0.15, 0.2) is 0 Å². The van der Waals surface area contributed by atoms with Gasteiger partial charge < -0.3 is 9.64 Å². The maximum atomic E-state index is 11.7. The van der Waals surface area contributed by atoms with Crippen LogP contribution in [0, 0.1) is 5.92 Å². The fourth-order valence-electron chi connectivity index (χ4n) is 0.797. The predicted octanol–water partition coefficient (Wildman–Crippen LogP) is 2.66. The monoisotopic (exact) mass is 227 g/mol. The summed E-state index contributed by atoms with van der Waals surface area (Å²) in [5.74, 6) is 0.392. The maximum absolute atomic E-state index is 11.7. The van der Waals surface area contributed by atoms with Crippen molar-refractivity contribution in [1.82, 2.24) is 4.90 Å². The van der Waals surface area contributed by atoms with Crippen molar-refractivity contribution in [3.8, 4) is 0 Å². The van der Waals surface area contributed by atoms with Crippen LogP contribution in [0.5, 0.6) is 0 Å². The quantitative estimate of drug-likeness (QED) is 0.739. The molecule has 0 aromatic carbocycles. The molecule has 0 saturated carbocycles. The first kappa shape index (κ1) is 14.1. The van der Waals surface area contributed by atoms with Crippen molar-refractivity contribution in [3.05, 3.63) is 0 Å². The Morgan fingerprint density at radius 3 is 2.33 bits per heavy atom. The molecular formula is C9H16F3NO2. The third kappa shape index (κ3) is 8.08. The molecule has 0 aliphatic carbocycles. The number of rotatable bonds is 4. The smallest absolute Gasteiger partial charge is 0.422 e. The molecule has 90 valence electrons. The summed E-state index contributed by atoms with van der Waals surface area (Å²) < 4.78 is 39.2. The van der Waals surface area contributed by atoms with Gasteiger partial charge in [0.15, 0.2) is 6.61 Å². The molecule has 0 N–H and O–H groups in total. The van der Waals surface area contributed by atoms with E-state index in [1.54, 1.807) is 0 Å². The van der Waals surface area contributed by atoms with Crippen molar-refractivity contribution in [2.24, 2.45) is 5.92 Å². The SMILES string of the molecule is CC(C)CCN(C)C(=O)OCC(F)(F)F. The molecule has 0 atom stereocenters. The van der Waals surface area contributed by atoms with E-state index < -0.39 is 18.9 Å². The minimum atomic E-state index is -4.46. The number of amides is 1. The zero-order valence-corrected chi connectivity index (χ0v) is 9.10. The highest BCUT2D eigenvalue weighted by atomic mass is 19.4. The number of hydrogen-bond acceptors (Lipinski definition) is 2. The molecule has 0 aromatic rings. The van der Waals surface area contributed by atoms with Crippen molar-refractivity contribution in [2.45, 2.75) is 26.4 Å². The van der Waals surface area contributed by atoms with E-state index in [-0.39, 0.29) is 0 Å². The lowest BCUT2D eigenvalue weighted by Gasteiger charge is -2.18. The number of ether oxygens (including phenoxy) is 1. The minimum Gasteiger partial charge on any atom is -0.440 e. The van der Waals surface area contributed by atoms with Gasteiger partial charge in [0, 0.05) is 13.6 Å². The fourth-order valence-corrected chi connectivity index (χ4v) is 0.797. The average molecular weight is 227 g/mol. The maximum Gasteiger partial charge on any atom is 0.422 e. The first-order valence-corrected chi connectivity index (χ1v) is 4.67. The first-order valence-electron chi connectivity index (χ1n) is 4.67. The molecule has 0 spiro atoms. The molecular weight excluding hydrogens is 211 g/mol. The van der Waals surface area contributed by atoms with E-state index in [0.29, 0.717) is 12.5 Å². The van der Waals surface area contributed by atoms with Crippen molar-refractivity contribution in [3.63, 3.8) is 0 Å². The zero-order chi connectivity index (χ0) is 12.1. The Hall–Kier alpha value is -0.940. The van der Waals surface area contributed by atoms with Gasteiger partial charge in [0.25, 0.3) is 0 Å². The van der Waals surface area contributed by atoms with Gasteiger partial charge in [-0.3, -0.25) is 0 Å². The third-order valence-electron chi connectivity index (χ3n) is 1.71. The molecule has 6 heteroatoms. The Balaban J connectivity index is 3.80. The van der Waals surface area contributed by atoms with Crippen LogP contribution in [-0.4, -0.2) is 37.4 Å². The van der Waals surface area contributed by atoms with Crippen LogP contribution >= 0.6 is 0 Å². The second kappa shape index (κ2) is 5.82. The molecule has 0 rings (SSSR count). The van der Waals surface area contributed by atoms with E-state index in [1.165, 1.54) is 7.05 Å². The summed E-state index contributed by atoms with van der Waals surface area (Å²) in [7, 11) is 1.42. The number of carbonyl (C=O) groups is 1. The first-order chi connectivity index (χ1) is 6.72. The number of nitrogens with zero attached hydrogens (tertiary/aromatic N) is 1. The van der Waals surface area contributed by atoms with Gasteiger partial charge in [0.2, 0.25) is 0 Å². The molecule has 0 heterocycles. The number of halogens is 3. The van der Waals surface area contributed by atoms with Crippen LogP contribution in [0.2, 0.25) is 0 Å². The van der Waals surface area contributed by atoms with E-state index in [2.05, 4.69) is 4.74 Å². The van der Waals surface area contributed by atoms with Crippen LogP contribution in [0.25, 0.3) is 0 Å². The highest BCUT2D eigenvalue weighted by Crippen LogP contribution is 2.15. The van der Waals surface area contributed by atoms with Crippen LogP contribution in [0.4, 0.5) is 18.0 Å². The summed E-state index contributed by atoms with van der Waals surface area (Å²) in [6, 6.07) is 0. The van der Waals surface area contributed by atoms with E-state index in [1.807, 2.05) is 13.8 Å². The molecule has 1 amide bonds. The van der Waals surface area contributed by atoms with Gasteiger partial charge in [-0.15, -0.1) is 0 Å². The van der Waals surface area contributed by atoms with E-state index in [0.717, 1.165) is 11.3 Å². The molecule has 0 aliphatic rings. The minimum absolute atomic E-state index is 0.392. The van der Waals surface area contributed by atoms with E-state index in [4.69, 9.17) is 0 Å². The van der Waals surface area contributed by atoms with Gasteiger partial charge >= 0.3 is 12.3 Å². The van der Waals surface area contributed by atoms with Crippen molar-refractivity contribution < 1.29 is 22.7 Å². The summed E-state index contributed by atoms with van der Waals surface area (Å²) >= 11 is 0. The van der Waals surface area contributed by atoms with Gasteiger partial charge in [-0.2, -0.15) is 13.2 Å². The Morgan fingerprint density at radius 2 is 1.93 bits per heavy atom. The second-order valence-electron chi connectivity index (χ2n) is 3.77. The number of hydrogen-bond donors (Lipinski definition) is 0. The summed E-state index contributed by atoms with van der Waals surface area (Å²) in [5, 5.41) is 0. The van der Waals surface area contributed by atoms with E-state index >= 15 is 0 Å². The Bertz CT molecular complexity index is 204. The topological polar surface area (TPSA) is 29.5 Å². The molecule has 0 unspecified atom stereocenters. The summed E-state index contributed by atoms with van der Waals surface area (Å²) in [4.78, 5) is 12.2. The zero-order valence-electron chi connectivity index (χ0n) is 9.10. The Labute approximate surface area is 87.2 Å². The van der Waals surface area contributed by atoms with Gasteiger partial charge in [-0.25, -0.2) is 4.79 Å². The normalized spacial score (nSPS) is 11.7.